The minimum Gasteiger partial charge on any atom is -0.497 e. The zero-order valence-electron chi connectivity index (χ0n) is 15.7. The van der Waals surface area contributed by atoms with Crippen molar-refractivity contribution in [2.45, 2.75) is 46.1 Å². The Morgan fingerprint density at radius 1 is 0.960 bits per heavy atom. The minimum atomic E-state index is 0.775. The SMILES string of the molecule is CCCCC(CC)Cn1ccc2cc(-c3ccc(OC)cc3)ccc21. The van der Waals surface area contributed by atoms with E-state index in [9.17, 15) is 0 Å². The molecule has 132 valence electrons. The van der Waals surface area contributed by atoms with Crippen LogP contribution in [0.5, 0.6) is 5.75 Å². The van der Waals surface area contributed by atoms with Crippen LogP contribution in [0.2, 0.25) is 0 Å². The fourth-order valence-corrected chi connectivity index (χ4v) is 3.52. The number of hydrogen-bond donors (Lipinski definition) is 0. The smallest absolute Gasteiger partial charge is 0.118 e. The van der Waals surface area contributed by atoms with Gasteiger partial charge in [-0.1, -0.05) is 51.3 Å². The van der Waals surface area contributed by atoms with E-state index in [0.29, 0.717) is 0 Å². The number of methoxy groups -OCH3 is 1. The van der Waals surface area contributed by atoms with Gasteiger partial charge in [0.05, 0.1) is 7.11 Å². The summed E-state index contributed by atoms with van der Waals surface area (Å²) in [4.78, 5) is 0. The van der Waals surface area contributed by atoms with E-state index in [1.54, 1.807) is 7.11 Å². The van der Waals surface area contributed by atoms with Gasteiger partial charge in [-0.05, 0) is 53.8 Å². The van der Waals surface area contributed by atoms with Crippen LogP contribution < -0.4 is 4.74 Å². The predicted octanol–water partition coefficient (Wildman–Crippen LogP) is 6.53. The highest BCUT2D eigenvalue weighted by atomic mass is 16.5. The van der Waals surface area contributed by atoms with E-state index in [2.05, 4.69) is 61.0 Å². The summed E-state index contributed by atoms with van der Waals surface area (Å²) in [5.41, 5.74) is 3.82. The van der Waals surface area contributed by atoms with E-state index < -0.39 is 0 Å². The summed E-state index contributed by atoms with van der Waals surface area (Å²) in [5, 5.41) is 1.32. The molecule has 0 amide bonds. The number of unbranched alkanes of at least 4 members (excludes halogenated alkanes) is 1. The maximum absolute atomic E-state index is 5.25. The first-order valence-corrected chi connectivity index (χ1v) is 9.48. The Morgan fingerprint density at radius 2 is 1.72 bits per heavy atom. The highest BCUT2D eigenvalue weighted by Gasteiger charge is 2.10. The van der Waals surface area contributed by atoms with E-state index in [0.717, 1.165) is 18.2 Å². The van der Waals surface area contributed by atoms with Crippen molar-refractivity contribution in [3.05, 3.63) is 54.7 Å². The zero-order chi connectivity index (χ0) is 17.6. The van der Waals surface area contributed by atoms with Crippen molar-refractivity contribution in [1.82, 2.24) is 4.57 Å². The monoisotopic (exact) mass is 335 g/mol. The second-order valence-electron chi connectivity index (χ2n) is 6.89. The van der Waals surface area contributed by atoms with Crippen LogP contribution in [0.15, 0.2) is 54.7 Å². The largest absolute Gasteiger partial charge is 0.497 e. The van der Waals surface area contributed by atoms with Crippen LogP contribution in [0.25, 0.3) is 22.0 Å². The Labute approximate surface area is 151 Å². The first-order valence-electron chi connectivity index (χ1n) is 9.48. The van der Waals surface area contributed by atoms with Crippen LogP contribution in [0.3, 0.4) is 0 Å². The fourth-order valence-electron chi connectivity index (χ4n) is 3.52. The van der Waals surface area contributed by atoms with Crippen LogP contribution in [-0.4, -0.2) is 11.7 Å². The first-order chi connectivity index (χ1) is 12.2. The average Bonchev–Trinajstić information content (AvgIpc) is 3.07. The second-order valence-corrected chi connectivity index (χ2v) is 6.89. The van der Waals surface area contributed by atoms with Gasteiger partial charge in [0.1, 0.15) is 5.75 Å². The van der Waals surface area contributed by atoms with Gasteiger partial charge in [0.25, 0.3) is 0 Å². The molecule has 0 radical (unpaired) electrons. The summed E-state index contributed by atoms with van der Waals surface area (Å²) in [6, 6.07) is 17.3. The molecular weight excluding hydrogens is 306 g/mol. The Morgan fingerprint density at radius 3 is 2.40 bits per heavy atom. The van der Waals surface area contributed by atoms with E-state index in [1.165, 1.54) is 47.7 Å². The van der Waals surface area contributed by atoms with Gasteiger partial charge < -0.3 is 9.30 Å². The van der Waals surface area contributed by atoms with E-state index >= 15 is 0 Å². The van der Waals surface area contributed by atoms with Gasteiger partial charge in [-0.2, -0.15) is 0 Å². The van der Waals surface area contributed by atoms with Crippen LogP contribution >= 0.6 is 0 Å². The predicted molar refractivity (Wildman–Crippen MR) is 107 cm³/mol. The molecule has 0 aliphatic carbocycles. The lowest BCUT2D eigenvalue weighted by atomic mass is 9.99. The number of fused-ring (bicyclic) bond motifs is 1. The van der Waals surface area contributed by atoms with Gasteiger partial charge in [-0.3, -0.25) is 0 Å². The lowest BCUT2D eigenvalue weighted by Crippen LogP contribution is -2.09. The molecule has 0 aliphatic rings. The molecule has 0 N–H and O–H groups in total. The molecule has 0 saturated heterocycles. The third-order valence-electron chi connectivity index (χ3n) is 5.19. The molecule has 0 aliphatic heterocycles. The van der Waals surface area contributed by atoms with E-state index in [-0.39, 0.29) is 0 Å². The molecule has 3 rings (SSSR count). The Balaban J connectivity index is 1.82. The third-order valence-corrected chi connectivity index (χ3v) is 5.19. The number of hydrogen-bond acceptors (Lipinski definition) is 1. The summed E-state index contributed by atoms with van der Waals surface area (Å²) in [5.74, 6) is 1.67. The minimum absolute atomic E-state index is 0.775. The number of ether oxygens (including phenoxy) is 1. The van der Waals surface area contributed by atoms with Crippen molar-refractivity contribution in [3.8, 4) is 16.9 Å². The molecule has 1 atom stereocenters. The van der Waals surface area contributed by atoms with Gasteiger partial charge >= 0.3 is 0 Å². The molecule has 3 aromatic rings. The summed E-state index contributed by atoms with van der Waals surface area (Å²) in [7, 11) is 1.70. The molecule has 25 heavy (non-hydrogen) atoms. The van der Waals surface area contributed by atoms with Gasteiger partial charge in [-0.15, -0.1) is 0 Å². The number of nitrogens with zero attached hydrogens (tertiary/aromatic N) is 1. The van der Waals surface area contributed by atoms with Crippen molar-refractivity contribution >= 4 is 10.9 Å². The molecule has 1 unspecified atom stereocenters. The summed E-state index contributed by atoms with van der Waals surface area (Å²) in [6.07, 6.45) is 7.45. The summed E-state index contributed by atoms with van der Waals surface area (Å²) < 4.78 is 7.68. The zero-order valence-corrected chi connectivity index (χ0v) is 15.7. The maximum Gasteiger partial charge on any atom is 0.118 e. The lowest BCUT2D eigenvalue weighted by Gasteiger charge is -2.16. The maximum atomic E-state index is 5.25. The summed E-state index contributed by atoms with van der Waals surface area (Å²) in [6.45, 7) is 5.72. The first kappa shape index (κ1) is 17.6. The van der Waals surface area contributed by atoms with Crippen molar-refractivity contribution in [1.29, 1.82) is 0 Å². The molecule has 0 bridgehead atoms. The summed E-state index contributed by atoms with van der Waals surface area (Å²) >= 11 is 0. The Bertz CT molecular complexity index is 801. The molecule has 0 spiro atoms. The van der Waals surface area contributed by atoms with E-state index in [4.69, 9.17) is 4.74 Å². The molecule has 2 aromatic carbocycles. The molecule has 2 nitrogen and oxygen atoms in total. The van der Waals surface area contributed by atoms with Gasteiger partial charge in [0, 0.05) is 23.6 Å². The van der Waals surface area contributed by atoms with Crippen LogP contribution in [0.1, 0.15) is 39.5 Å². The fraction of sp³-hybridized carbons (Fsp3) is 0.391. The molecule has 0 saturated carbocycles. The third kappa shape index (κ3) is 4.07. The van der Waals surface area contributed by atoms with Crippen molar-refractivity contribution < 1.29 is 4.74 Å². The van der Waals surface area contributed by atoms with Crippen LogP contribution in [0.4, 0.5) is 0 Å². The average molecular weight is 335 g/mol. The van der Waals surface area contributed by atoms with Gasteiger partial charge in [-0.25, -0.2) is 0 Å². The number of benzene rings is 2. The lowest BCUT2D eigenvalue weighted by molar-refractivity contribution is 0.396. The Kier molecular flexibility index (Phi) is 5.80. The van der Waals surface area contributed by atoms with Gasteiger partial charge in [0.15, 0.2) is 0 Å². The molecule has 2 heteroatoms. The molecular formula is C23H29NO. The van der Waals surface area contributed by atoms with Crippen molar-refractivity contribution in [2.24, 2.45) is 5.92 Å². The van der Waals surface area contributed by atoms with Crippen LogP contribution in [0, 0.1) is 5.92 Å². The Hall–Kier alpha value is -2.22. The normalized spacial score (nSPS) is 12.4. The molecule has 0 fully saturated rings. The molecule has 1 aromatic heterocycles. The quantitative estimate of drug-likeness (QED) is 0.456. The standard InChI is InChI=1S/C23H29NO/c1-4-6-7-18(5-2)17-24-15-14-21-16-20(10-13-23(21)24)19-8-11-22(25-3)12-9-19/h8-16,18H,4-7,17H2,1-3H3. The highest BCUT2D eigenvalue weighted by molar-refractivity contribution is 5.85. The molecule has 1 heterocycles. The number of aromatic nitrogens is 1. The van der Waals surface area contributed by atoms with Crippen LogP contribution in [-0.2, 0) is 6.54 Å². The highest BCUT2D eigenvalue weighted by Crippen LogP contribution is 2.28. The van der Waals surface area contributed by atoms with Crippen molar-refractivity contribution in [2.75, 3.05) is 7.11 Å². The topological polar surface area (TPSA) is 14.2 Å². The van der Waals surface area contributed by atoms with Crippen molar-refractivity contribution in [3.63, 3.8) is 0 Å². The second kappa shape index (κ2) is 8.24. The number of rotatable bonds is 8. The van der Waals surface area contributed by atoms with E-state index in [1.807, 2.05) is 12.1 Å². The van der Waals surface area contributed by atoms with Gasteiger partial charge in [0.2, 0.25) is 0 Å².